The summed E-state index contributed by atoms with van der Waals surface area (Å²) >= 11 is 7.53. The summed E-state index contributed by atoms with van der Waals surface area (Å²) in [7, 11) is -3.32. The molecule has 1 aromatic carbocycles. The monoisotopic (exact) mass is 466 g/mol. The van der Waals surface area contributed by atoms with Gasteiger partial charge in [-0.05, 0) is 23.8 Å². The summed E-state index contributed by atoms with van der Waals surface area (Å²) in [5.41, 5.74) is 1.96. The first-order valence-corrected chi connectivity index (χ1v) is 12.3. The Bertz CT molecular complexity index is 1060. The smallest absolute Gasteiger partial charge is 0.229 e. The number of piperazine rings is 1. The van der Waals surface area contributed by atoms with Crippen LogP contribution in [0.25, 0.3) is 11.1 Å². The van der Waals surface area contributed by atoms with Crippen molar-refractivity contribution in [3.05, 3.63) is 53.6 Å². The van der Waals surface area contributed by atoms with Crippen molar-refractivity contribution >= 4 is 60.8 Å². The van der Waals surface area contributed by atoms with E-state index in [0.717, 1.165) is 21.8 Å². The Labute approximate surface area is 185 Å². The molecule has 3 rings (SSSR count). The highest BCUT2D eigenvalue weighted by Crippen LogP contribution is 2.32. The van der Waals surface area contributed by atoms with E-state index in [1.54, 1.807) is 30.3 Å². The summed E-state index contributed by atoms with van der Waals surface area (Å²) in [6, 6.07) is 6.83. The van der Waals surface area contributed by atoms with Crippen LogP contribution < -0.4 is 9.62 Å². The standard InChI is InChI=1S/C20H23ClN4O3S2/c1-4-17-19(14(2)21)22-20(29-17)25-11-9-24(10-12-25)18(26)13-15-5-7-16(8-6-15)23-30(3,27)28/h4-8,23H,1-2,9-13H2,3H3. The lowest BCUT2D eigenvalue weighted by molar-refractivity contribution is -0.130. The van der Waals surface area contributed by atoms with Crippen molar-refractivity contribution in [3.8, 4) is 0 Å². The van der Waals surface area contributed by atoms with Gasteiger partial charge in [-0.1, -0.05) is 48.2 Å². The van der Waals surface area contributed by atoms with E-state index < -0.39 is 10.0 Å². The molecule has 0 bridgehead atoms. The van der Waals surface area contributed by atoms with E-state index in [1.807, 2.05) is 4.90 Å². The number of sulfonamides is 1. The molecule has 1 amide bonds. The maximum absolute atomic E-state index is 12.7. The molecule has 1 aliphatic rings. The normalized spacial score (nSPS) is 14.5. The number of nitrogens with one attached hydrogen (secondary N) is 1. The predicted molar refractivity (Wildman–Crippen MR) is 124 cm³/mol. The molecule has 2 aromatic rings. The van der Waals surface area contributed by atoms with Gasteiger partial charge in [0.15, 0.2) is 5.13 Å². The lowest BCUT2D eigenvalue weighted by atomic mass is 10.1. The van der Waals surface area contributed by atoms with E-state index >= 15 is 0 Å². The van der Waals surface area contributed by atoms with Crippen LogP contribution in [-0.4, -0.2) is 56.6 Å². The van der Waals surface area contributed by atoms with Gasteiger partial charge in [0, 0.05) is 31.9 Å². The molecule has 1 saturated heterocycles. The molecule has 0 atom stereocenters. The van der Waals surface area contributed by atoms with Crippen LogP contribution >= 0.6 is 22.9 Å². The number of hydrogen-bond donors (Lipinski definition) is 1. The van der Waals surface area contributed by atoms with Gasteiger partial charge in [0.1, 0.15) is 5.69 Å². The molecule has 10 heteroatoms. The van der Waals surface area contributed by atoms with Crippen molar-refractivity contribution in [1.82, 2.24) is 9.88 Å². The number of aromatic nitrogens is 1. The fourth-order valence-corrected chi connectivity index (χ4v) is 4.88. The number of anilines is 2. The lowest BCUT2D eigenvalue weighted by Gasteiger charge is -2.34. The van der Waals surface area contributed by atoms with E-state index in [-0.39, 0.29) is 12.3 Å². The zero-order chi connectivity index (χ0) is 21.9. The number of rotatable bonds is 7. The molecule has 1 aromatic heterocycles. The molecule has 30 heavy (non-hydrogen) atoms. The van der Waals surface area contributed by atoms with Crippen LogP contribution in [0.2, 0.25) is 0 Å². The first kappa shape index (κ1) is 22.3. The average Bonchev–Trinajstić information content (AvgIpc) is 3.13. The molecule has 0 spiro atoms. The van der Waals surface area contributed by atoms with Gasteiger partial charge in [0.2, 0.25) is 15.9 Å². The third-order valence-corrected chi connectivity index (χ3v) is 6.50. The highest BCUT2D eigenvalue weighted by Gasteiger charge is 2.24. The quantitative estimate of drug-likeness (QED) is 0.677. The summed E-state index contributed by atoms with van der Waals surface area (Å²) in [6.45, 7) is 10.1. The van der Waals surface area contributed by atoms with Gasteiger partial charge in [-0.2, -0.15) is 0 Å². The van der Waals surface area contributed by atoms with Gasteiger partial charge in [0.05, 0.1) is 22.6 Å². The third-order valence-electron chi connectivity index (χ3n) is 4.60. The molecule has 7 nitrogen and oxygen atoms in total. The number of amides is 1. The van der Waals surface area contributed by atoms with Crippen LogP contribution in [0.3, 0.4) is 0 Å². The number of thiazole rings is 1. The maximum atomic E-state index is 12.7. The number of nitrogens with zero attached hydrogens (tertiary/aromatic N) is 3. The Kier molecular flexibility index (Phi) is 6.84. The summed E-state index contributed by atoms with van der Waals surface area (Å²) in [6.07, 6.45) is 3.09. The Morgan fingerprint density at radius 3 is 2.40 bits per heavy atom. The number of benzene rings is 1. The van der Waals surface area contributed by atoms with Crippen LogP contribution in [0.1, 0.15) is 16.1 Å². The van der Waals surface area contributed by atoms with Crippen LogP contribution in [0.4, 0.5) is 10.8 Å². The van der Waals surface area contributed by atoms with Crippen molar-refractivity contribution < 1.29 is 13.2 Å². The number of halogens is 1. The van der Waals surface area contributed by atoms with Gasteiger partial charge in [-0.15, -0.1) is 0 Å². The summed E-state index contributed by atoms with van der Waals surface area (Å²) in [5, 5.41) is 1.24. The van der Waals surface area contributed by atoms with Crippen LogP contribution in [-0.2, 0) is 21.2 Å². The lowest BCUT2D eigenvalue weighted by Crippen LogP contribution is -2.49. The van der Waals surface area contributed by atoms with Crippen molar-refractivity contribution in [2.75, 3.05) is 42.1 Å². The minimum absolute atomic E-state index is 0.0409. The first-order chi connectivity index (χ1) is 14.2. The highest BCUT2D eigenvalue weighted by atomic mass is 35.5. The number of carbonyl (C=O) groups is 1. The highest BCUT2D eigenvalue weighted by molar-refractivity contribution is 7.92. The molecular formula is C20H23ClN4O3S2. The summed E-state index contributed by atoms with van der Waals surface area (Å²) in [5.74, 6) is 0.0409. The molecule has 1 aliphatic heterocycles. The van der Waals surface area contributed by atoms with Gasteiger partial charge in [-0.25, -0.2) is 13.4 Å². The van der Waals surface area contributed by atoms with Crippen molar-refractivity contribution in [2.45, 2.75) is 6.42 Å². The van der Waals surface area contributed by atoms with Gasteiger partial charge in [-0.3, -0.25) is 9.52 Å². The van der Waals surface area contributed by atoms with E-state index in [9.17, 15) is 13.2 Å². The topological polar surface area (TPSA) is 82.6 Å². The maximum Gasteiger partial charge on any atom is 0.229 e. The predicted octanol–water partition coefficient (Wildman–Crippen LogP) is 3.26. The Morgan fingerprint density at radius 2 is 1.90 bits per heavy atom. The van der Waals surface area contributed by atoms with E-state index in [0.29, 0.717) is 42.6 Å². The fourth-order valence-electron chi connectivity index (χ4n) is 3.13. The van der Waals surface area contributed by atoms with E-state index in [4.69, 9.17) is 11.6 Å². The number of hydrogen-bond acceptors (Lipinski definition) is 6. The summed E-state index contributed by atoms with van der Waals surface area (Å²) < 4.78 is 25.0. The molecule has 1 fully saturated rings. The van der Waals surface area contributed by atoms with Gasteiger partial charge < -0.3 is 9.80 Å². The second-order valence-corrected chi connectivity index (χ2v) is 10.1. The Hall–Kier alpha value is -2.36. The van der Waals surface area contributed by atoms with E-state index in [2.05, 4.69) is 27.8 Å². The van der Waals surface area contributed by atoms with Crippen LogP contribution in [0.15, 0.2) is 37.4 Å². The van der Waals surface area contributed by atoms with Crippen LogP contribution in [0, 0.1) is 0 Å². The molecule has 1 N–H and O–H groups in total. The van der Waals surface area contributed by atoms with Crippen LogP contribution in [0.5, 0.6) is 0 Å². The second-order valence-electron chi connectivity index (χ2n) is 6.93. The van der Waals surface area contributed by atoms with Gasteiger partial charge in [0.25, 0.3) is 0 Å². The van der Waals surface area contributed by atoms with E-state index in [1.165, 1.54) is 11.3 Å². The first-order valence-electron chi connectivity index (χ1n) is 9.24. The number of carbonyl (C=O) groups excluding carboxylic acids is 1. The fraction of sp³-hybridized carbons (Fsp3) is 0.300. The van der Waals surface area contributed by atoms with Crippen molar-refractivity contribution in [3.63, 3.8) is 0 Å². The molecule has 0 saturated carbocycles. The Morgan fingerprint density at radius 1 is 1.27 bits per heavy atom. The largest absolute Gasteiger partial charge is 0.345 e. The molecule has 2 heterocycles. The second kappa shape index (κ2) is 9.20. The van der Waals surface area contributed by atoms with Gasteiger partial charge >= 0.3 is 0 Å². The average molecular weight is 467 g/mol. The zero-order valence-electron chi connectivity index (χ0n) is 16.6. The minimum Gasteiger partial charge on any atom is -0.345 e. The third kappa shape index (κ3) is 5.62. The van der Waals surface area contributed by atoms with Crippen molar-refractivity contribution in [1.29, 1.82) is 0 Å². The molecule has 0 radical (unpaired) electrons. The zero-order valence-corrected chi connectivity index (χ0v) is 19.0. The SMILES string of the molecule is C=Cc1sc(N2CCN(C(=O)Cc3ccc(NS(C)(=O)=O)cc3)CC2)nc1C(=C)Cl. The minimum atomic E-state index is -3.32. The summed E-state index contributed by atoms with van der Waals surface area (Å²) in [4.78, 5) is 22.1. The Balaban J connectivity index is 1.56. The van der Waals surface area contributed by atoms with Crippen molar-refractivity contribution in [2.24, 2.45) is 0 Å². The molecule has 0 unspecified atom stereocenters. The molecule has 160 valence electrons. The molecule has 0 aliphatic carbocycles. The molecular weight excluding hydrogens is 444 g/mol.